The predicted octanol–water partition coefficient (Wildman–Crippen LogP) is 1.63. The van der Waals surface area contributed by atoms with Crippen molar-refractivity contribution in [2.45, 2.75) is 115 Å². The van der Waals surface area contributed by atoms with Crippen LogP contribution in [0.3, 0.4) is 0 Å². The molecule has 4 fully saturated rings. The SMILES string of the molecule is CC.Nc1nc(CCCC2CCN(C(=O)OC3CCCC3=O)CC2)nc2c1ncn2[C@@H]1O[C@H](C(=O)NC2CC2)C(O)[C@@H]1O. The van der Waals surface area contributed by atoms with Gasteiger partial charge in [-0.15, -0.1) is 0 Å². The number of piperidine rings is 1. The molecule has 6 rings (SSSR count). The Hall–Kier alpha value is -3.36. The lowest BCUT2D eigenvalue weighted by atomic mass is 9.91. The minimum absolute atomic E-state index is 0.0160. The van der Waals surface area contributed by atoms with Gasteiger partial charge in [0, 0.05) is 32.0 Å². The number of hydrogen-bond donors (Lipinski definition) is 4. The Morgan fingerprint density at radius 2 is 1.86 bits per heavy atom. The number of imidazole rings is 1. The van der Waals surface area contributed by atoms with Gasteiger partial charge in [0.2, 0.25) is 0 Å². The summed E-state index contributed by atoms with van der Waals surface area (Å²) in [6, 6.07) is 0.0937. The van der Waals surface area contributed by atoms with Gasteiger partial charge in [0.05, 0.1) is 6.33 Å². The molecule has 2 aliphatic carbocycles. The molecular weight excluding hydrogens is 558 g/mol. The number of ether oxygens (including phenoxy) is 2. The van der Waals surface area contributed by atoms with E-state index in [-0.39, 0.29) is 17.6 Å². The van der Waals surface area contributed by atoms with Crippen LogP contribution in [0.1, 0.15) is 83.7 Å². The summed E-state index contributed by atoms with van der Waals surface area (Å²) in [6.45, 7) is 5.21. The predicted molar refractivity (Wildman–Crippen MR) is 155 cm³/mol. The molecule has 14 heteroatoms. The van der Waals surface area contributed by atoms with Gasteiger partial charge < -0.3 is 35.6 Å². The zero-order valence-corrected chi connectivity index (χ0v) is 24.9. The summed E-state index contributed by atoms with van der Waals surface area (Å²) in [4.78, 5) is 51.7. The lowest BCUT2D eigenvalue weighted by Gasteiger charge is -2.32. The summed E-state index contributed by atoms with van der Waals surface area (Å²) in [6.07, 6.45) is 3.14. The van der Waals surface area contributed by atoms with Crippen molar-refractivity contribution in [3.63, 3.8) is 0 Å². The number of aromatic nitrogens is 4. The van der Waals surface area contributed by atoms with Gasteiger partial charge in [0.25, 0.3) is 5.91 Å². The second-order valence-electron chi connectivity index (χ2n) is 11.6. The van der Waals surface area contributed by atoms with Crippen molar-refractivity contribution in [3.8, 4) is 0 Å². The molecule has 0 aromatic carbocycles. The fourth-order valence-electron chi connectivity index (χ4n) is 5.96. The van der Waals surface area contributed by atoms with Crippen LogP contribution in [0, 0.1) is 5.92 Å². The normalized spacial score (nSPS) is 27.7. The number of nitrogen functional groups attached to an aromatic ring is 1. The quantitative estimate of drug-likeness (QED) is 0.343. The number of rotatable bonds is 8. The number of anilines is 1. The number of nitrogens with zero attached hydrogens (tertiary/aromatic N) is 5. The van der Waals surface area contributed by atoms with Gasteiger partial charge in [-0.05, 0) is 57.3 Å². The minimum atomic E-state index is -1.40. The molecule has 2 amide bonds. The van der Waals surface area contributed by atoms with Crippen LogP contribution in [-0.4, -0.2) is 96.0 Å². The first-order chi connectivity index (χ1) is 20.8. The summed E-state index contributed by atoms with van der Waals surface area (Å²) in [7, 11) is 0. The van der Waals surface area contributed by atoms with Crippen LogP contribution >= 0.6 is 0 Å². The Kier molecular flexibility index (Phi) is 9.77. The second kappa shape index (κ2) is 13.5. The van der Waals surface area contributed by atoms with Crippen LogP contribution in [0.5, 0.6) is 0 Å². The van der Waals surface area contributed by atoms with E-state index in [1.807, 2.05) is 13.8 Å². The smallest absolute Gasteiger partial charge is 0.410 e. The van der Waals surface area contributed by atoms with Crippen LogP contribution < -0.4 is 11.1 Å². The highest BCUT2D eigenvalue weighted by molar-refractivity contribution is 5.87. The van der Waals surface area contributed by atoms with Crippen LogP contribution in [-0.2, 0) is 25.5 Å². The molecule has 0 radical (unpaired) electrons. The number of nitrogens with two attached hydrogens (primary N) is 1. The van der Waals surface area contributed by atoms with E-state index in [2.05, 4.69) is 20.3 Å². The molecule has 2 aliphatic heterocycles. The number of amides is 2. The number of hydrogen-bond acceptors (Lipinski definition) is 11. The van der Waals surface area contributed by atoms with Gasteiger partial charge in [-0.2, -0.15) is 0 Å². The number of Topliss-reactive ketones (excluding diaryl/α,β-unsaturated/α-hetero) is 1. The maximum Gasteiger partial charge on any atom is 0.410 e. The molecule has 0 spiro atoms. The molecular formula is C29H43N7O7. The van der Waals surface area contributed by atoms with Crippen molar-refractivity contribution in [1.82, 2.24) is 29.7 Å². The highest BCUT2D eigenvalue weighted by Crippen LogP contribution is 2.33. The number of aliphatic hydroxyl groups is 2. The number of aryl methyl sites for hydroxylation is 1. The van der Waals surface area contributed by atoms with Crippen LogP contribution in [0.15, 0.2) is 6.33 Å². The number of fused-ring (bicyclic) bond motifs is 1. The average molecular weight is 602 g/mol. The fraction of sp³-hybridized carbons (Fsp3) is 0.724. The van der Waals surface area contributed by atoms with Gasteiger partial charge in [-0.3, -0.25) is 14.2 Å². The monoisotopic (exact) mass is 601 g/mol. The Labute approximate surface area is 250 Å². The summed E-state index contributed by atoms with van der Waals surface area (Å²) in [5.41, 5.74) is 6.89. The number of carbonyl (C=O) groups excluding carboxylic acids is 3. The zero-order valence-electron chi connectivity index (χ0n) is 24.9. The molecule has 5 N–H and O–H groups in total. The van der Waals surface area contributed by atoms with Gasteiger partial charge in [0.1, 0.15) is 23.5 Å². The first-order valence-electron chi connectivity index (χ1n) is 15.6. The number of nitrogens with one attached hydrogen (secondary N) is 1. The lowest BCUT2D eigenvalue weighted by Crippen LogP contribution is -2.43. The van der Waals surface area contributed by atoms with Crippen molar-refractivity contribution in [2.75, 3.05) is 18.8 Å². The second-order valence-corrected chi connectivity index (χ2v) is 11.6. The number of ketones is 1. The Morgan fingerprint density at radius 3 is 2.53 bits per heavy atom. The summed E-state index contributed by atoms with van der Waals surface area (Å²) >= 11 is 0. The number of aliphatic hydroxyl groups excluding tert-OH is 2. The Morgan fingerprint density at radius 1 is 1.12 bits per heavy atom. The third-order valence-electron chi connectivity index (χ3n) is 8.57. The standard InChI is InChI=1S/C27H37N7O7.C2H6/c28-23-19-24(34(13-29-19)26-21(37)20(36)22(41-26)25(38)30-15-7-8-15)32-18(31-23)6-1-3-14-9-11-33(12-10-14)27(39)40-17-5-2-4-16(17)35;1-2/h13-15,17,20-22,26,36-37H,1-12H2,(H,30,38)(H2,28,31,32);1-2H3/t17?,20?,21-,22-,26+;/m0./s1. The van der Waals surface area contributed by atoms with Crippen molar-refractivity contribution in [1.29, 1.82) is 0 Å². The van der Waals surface area contributed by atoms with Crippen LogP contribution in [0.4, 0.5) is 10.6 Å². The topological polar surface area (TPSA) is 195 Å². The maximum absolute atomic E-state index is 12.5. The van der Waals surface area contributed by atoms with E-state index in [1.165, 1.54) is 10.9 Å². The summed E-state index contributed by atoms with van der Waals surface area (Å²) < 4.78 is 12.7. The Bertz CT molecular complexity index is 1310. The first-order valence-corrected chi connectivity index (χ1v) is 15.6. The van der Waals surface area contributed by atoms with Crippen molar-refractivity contribution in [3.05, 3.63) is 12.2 Å². The molecule has 2 aromatic heterocycles. The Balaban J connectivity index is 0.00000180. The number of carbonyl (C=O) groups is 3. The van der Waals surface area contributed by atoms with E-state index in [9.17, 15) is 24.6 Å². The minimum Gasteiger partial charge on any atom is -0.438 e. The highest BCUT2D eigenvalue weighted by atomic mass is 16.6. The molecule has 4 aliphatic rings. The first kappa shape index (κ1) is 31.1. The molecule has 2 saturated carbocycles. The highest BCUT2D eigenvalue weighted by Gasteiger charge is 2.48. The van der Waals surface area contributed by atoms with Crippen LogP contribution in [0.25, 0.3) is 11.2 Å². The fourth-order valence-corrected chi connectivity index (χ4v) is 5.96. The summed E-state index contributed by atoms with van der Waals surface area (Å²) in [5.74, 6) is 0.734. The van der Waals surface area contributed by atoms with Crippen molar-refractivity contribution < 1.29 is 34.1 Å². The lowest BCUT2D eigenvalue weighted by molar-refractivity contribution is -0.137. The molecule has 14 nitrogen and oxygen atoms in total. The number of likely N-dealkylation sites (tertiary alicyclic amines) is 1. The molecule has 4 heterocycles. The molecule has 2 aromatic rings. The average Bonchev–Trinajstić information content (AvgIpc) is 3.45. The van der Waals surface area contributed by atoms with E-state index in [1.54, 1.807) is 4.90 Å². The van der Waals surface area contributed by atoms with Gasteiger partial charge in [-0.1, -0.05) is 13.8 Å². The van der Waals surface area contributed by atoms with E-state index >= 15 is 0 Å². The van der Waals surface area contributed by atoms with Gasteiger partial charge >= 0.3 is 6.09 Å². The summed E-state index contributed by atoms with van der Waals surface area (Å²) in [5, 5.41) is 24.0. The molecule has 0 bridgehead atoms. The molecule has 5 atom stereocenters. The zero-order chi connectivity index (χ0) is 30.7. The van der Waals surface area contributed by atoms with Gasteiger partial charge in [-0.25, -0.2) is 19.7 Å². The van der Waals surface area contributed by atoms with Crippen LogP contribution in [0.2, 0.25) is 0 Å². The maximum atomic E-state index is 12.5. The van der Waals surface area contributed by atoms with Crippen molar-refractivity contribution in [2.24, 2.45) is 5.92 Å². The third-order valence-corrected chi connectivity index (χ3v) is 8.57. The molecule has 2 unspecified atom stereocenters. The largest absolute Gasteiger partial charge is 0.438 e. The molecule has 236 valence electrons. The van der Waals surface area contributed by atoms with E-state index in [0.717, 1.165) is 44.9 Å². The van der Waals surface area contributed by atoms with E-state index in [0.29, 0.717) is 55.3 Å². The third kappa shape index (κ3) is 6.91. The molecule has 2 saturated heterocycles. The van der Waals surface area contributed by atoms with Gasteiger partial charge in [0.15, 0.2) is 35.7 Å². The van der Waals surface area contributed by atoms with E-state index < -0.39 is 42.6 Å². The molecule has 43 heavy (non-hydrogen) atoms. The van der Waals surface area contributed by atoms with E-state index in [4.69, 9.17) is 15.2 Å². The van der Waals surface area contributed by atoms with Crippen molar-refractivity contribution >= 4 is 34.8 Å².